The maximum Gasteiger partial charge on any atom is 0.123 e. The molecule has 1 atom stereocenters. The minimum Gasteiger partial charge on any atom is -0.508 e. The van der Waals surface area contributed by atoms with E-state index in [4.69, 9.17) is 0 Å². The van der Waals surface area contributed by atoms with E-state index < -0.39 is 0 Å². The molecule has 0 bridgehead atoms. The van der Waals surface area contributed by atoms with Crippen LogP contribution in [0, 0.1) is 0 Å². The Balaban J connectivity index is 2.39. The lowest BCUT2D eigenvalue weighted by atomic mass is 9.72. The Hall–Kier alpha value is -2.16. The molecule has 0 aliphatic carbocycles. The van der Waals surface area contributed by atoms with E-state index in [1.54, 1.807) is 24.3 Å². The normalized spacial score (nSPS) is 13.7. The van der Waals surface area contributed by atoms with E-state index >= 15 is 0 Å². The van der Waals surface area contributed by atoms with Crippen molar-refractivity contribution in [1.82, 2.24) is 0 Å². The first-order valence-electron chi connectivity index (χ1n) is 8.29. The topological polar surface area (TPSA) is 60.7 Å². The van der Waals surface area contributed by atoms with Crippen LogP contribution in [0.4, 0.5) is 0 Å². The zero-order chi connectivity index (χ0) is 16.9. The molecular weight excluding hydrogens is 288 g/mol. The van der Waals surface area contributed by atoms with Gasteiger partial charge in [-0.2, -0.15) is 0 Å². The number of benzene rings is 2. The van der Waals surface area contributed by atoms with Crippen LogP contribution in [0.15, 0.2) is 42.5 Å². The number of rotatable bonds is 7. The third kappa shape index (κ3) is 3.98. The molecule has 2 aromatic rings. The molecule has 0 radical (unpaired) electrons. The quantitative estimate of drug-likeness (QED) is 0.625. The van der Waals surface area contributed by atoms with Crippen LogP contribution >= 0.6 is 0 Å². The summed E-state index contributed by atoms with van der Waals surface area (Å²) in [5.74, 6) is 0.401. The molecule has 0 saturated carbocycles. The molecule has 0 amide bonds. The molecule has 0 saturated heterocycles. The minimum atomic E-state index is -0.362. The van der Waals surface area contributed by atoms with Gasteiger partial charge in [-0.25, -0.2) is 0 Å². The van der Waals surface area contributed by atoms with Crippen molar-refractivity contribution < 1.29 is 15.3 Å². The molecule has 0 aromatic heterocycles. The summed E-state index contributed by atoms with van der Waals surface area (Å²) in [6.45, 7) is 4.29. The van der Waals surface area contributed by atoms with Crippen molar-refractivity contribution >= 4 is 0 Å². The monoisotopic (exact) mass is 314 g/mol. The van der Waals surface area contributed by atoms with Crippen LogP contribution in [0.25, 0.3) is 0 Å². The summed E-state index contributed by atoms with van der Waals surface area (Å²) in [6, 6.07) is 12.0. The van der Waals surface area contributed by atoms with Crippen LogP contribution in [-0.4, -0.2) is 15.3 Å². The standard InChI is InChI=1S/C20H26O3/c1-3-4-5-6-13-20(2,15-7-9-16(21)10-8-15)18-12-11-17(22)14-19(18)23/h7-12,14,21-23H,3-6,13H2,1-2H3. The zero-order valence-electron chi connectivity index (χ0n) is 13.9. The summed E-state index contributed by atoms with van der Waals surface area (Å²) < 4.78 is 0. The summed E-state index contributed by atoms with van der Waals surface area (Å²) in [6.07, 6.45) is 5.50. The van der Waals surface area contributed by atoms with Gasteiger partial charge in [0.15, 0.2) is 0 Å². The first-order valence-corrected chi connectivity index (χ1v) is 8.29. The lowest BCUT2D eigenvalue weighted by molar-refractivity contribution is 0.415. The highest BCUT2D eigenvalue weighted by molar-refractivity contribution is 5.49. The van der Waals surface area contributed by atoms with Gasteiger partial charge in [0.2, 0.25) is 0 Å². The lowest BCUT2D eigenvalue weighted by Gasteiger charge is -2.32. The Bertz CT molecular complexity index is 634. The predicted octanol–water partition coefficient (Wildman–Crippen LogP) is 5.08. The average Bonchev–Trinajstić information content (AvgIpc) is 2.52. The Morgan fingerprint density at radius 1 is 0.826 bits per heavy atom. The number of hydrogen-bond donors (Lipinski definition) is 3. The summed E-state index contributed by atoms with van der Waals surface area (Å²) in [5.41, 5.74) is 1.49. The molecule has 2 rings (SSSR count). The van der Waals surface area contributed by atoms with Crippen molar-refractivity contribution in [3.63, 3.8) is 0 Å². The molecule has 2 aromatic carbocycles. The van der Waals surface area contributed by atoms with Crippen LogP contribution in [0.2, 0.25) is 0 Å². The smallest absolute Gasteiger partial charge is 0.123 e. The molecule has 0 aliphatic rings. The summed E-state index contributed by atoms with van der Waals surface area (Å²) in [5, 5.41) is 29.4. The van der Waals surface area contributed by atoms with Crippen molar-refractivity contribution in [2.45, 2.75) is 51.4 Å². The fourth-order valence-corrected chi connectivity index (χ4v) is 3.16. The molecular formula is C20H26O3. The lowest BCUT2D eigenvalue weighted by Crippen LogP contribution is -2.23. The molecule has 1 unspecified atom stereocenters. The molecule has 0 aliphatic heterocycles. The maximum absolute atomic E-state index is 10.3. The second kappa shape index (κ2) is 7.40. The van der Waals surface area contributed by atoms with Crippen molar-refractivity contribution in [3.8, 4) is 17.2 Å². The van der Waals surface area contributed by atoms with Gasteiger partial charge < -0.3 is 15.3 Å². The van der Waals surface area contributed by atoms with Crippen molar-refractivity contribution in [2.24, 2.45) is 0 Å². The third-order valence-electron chi connectivity index (χ3n) is 4.61. The van der Waals surface area contributed by atoms with E-state index in [0.717, 1.165) is 30.4 Å². The molecule has 0 spiro atoms. The van der Waals surface area contributed by atoms with E-state index in [-0.39, 0.29) is 22.7 Å². The van der Waals surface area contributed by atoms with Crippen molar-refractivity contribution in [1.29, 1.82) is 0 Å². The number of hydrogen-bond acceptors (Lipinski definition) is 3. The van der Waals surface area contributed by atoms with Gasteiger partial charge in [0.05, 0.1) is 0 Å². The Morgan fingerprint density at radius 2 is 1.48 bits per heavy atom. The third-order valence-corrected chi connectivity index (χ3v) is 4.61. The predicted molar refractivity (Wildman–Crippen MR) is 93.1 cm³/mol. The minimum absolute atomic E-state index is 0.0605. The fraction of sp³-hybridized carbons (Fsp3) is 0.400. The molecule has 23 heavy (non-hydrogen) atoms. The van der Waals surface area contributed by atoms with Gasteiger partial charge >= 0.3 is 0 Å². The number of aromatic hydroxyl groups is 3. The number of phenolic OH excluding ortho intramolecular Hbond substituents is 3. The van der Waals surface area contributed by atoms with Gasteiger partial charge in [0.1, 0.15) is 17.2 Å². The fourth-order valence-electron chi connectivity index (χ4n) is 3.16. The molecule has 0 heterocycles. The van der Waals surface area contributed by atoms with Gasteiger partial charge in [0.25, 0.3) is 0 Å². The van der Waals surface area contributed by atoms with Crippen LogP contribution in [0.1, 0.15) is 57.1 Å². The second-order valence-corrected chi connectivity index (χ2v) is 6.39. The highest BCUT2D eigenvalue weighted by Crippen LogP contribution is 2.42. The van der Waals surface area contributed by atoms with Crippen LogP contribution < -0.4 is 0 Å². The second-order valence-electron chi connectivity index (χ2n) is 6.39. The molecule has 3 nitrogen and oxygen atoms in total. The highest BCUT2D eigenvalue weighted by atomic mass is 16.3. The molecule has 0 fully saturated rings. The first-order chi connectivity index (χ1) is 11.0. The summed E-state index contributed by atoms with van der Waals surface area (Å²) >= 11 is 0. The molecule has 3 N–H and O–H groups in total. The van der Waals surface area contributed by atoms with Gasteiger partial charge in [-0.1, -0.05) is 57.7 Å². The Morgan fingerprint density at radius 3 is 2.09 bits per heavy atom. The highest BCUT2D eigenvalue weighted by Gasteiger charge is 2.31. The average molecular weight is 314 g/mol. The van der Waals surface area contributed by atoms with Crippen molar-refractivity contribution in [2.75, 3.05) is 0 Å². The van der Waals surface area contributed by atoms with Gasteiger partial charge in [-0.05, 0) is 30.2 Å². The maximum atomic E-state index is 10.3. The summed E-state index contributed by atoms with van der Waals surface area (Å²) in [4.78, 5) is 0. The molecule has 124 valence electrons. The zero-order valence-corrected chi connectivity index (χ0v) is 13.9. The van der Waals surface area contributed by atoms with E-state index in [2.05, 4.69) is 13.8 Å². The van der Waals surface area contributed by atoms with Crippen LogP contribution in [0.3, 0.4) is 0 Å². The largest absolute Gasteiger partial charge is 0.508 e. The molecule has 3 heteroatoms. The van der Waals surface area contributed by atoms with Gasteiger partial charge in [-0.3, -0.25) is 0 Å². The van der Waals surface area contributed by atoms with E-state index in [1.165, 1.54) is 18.9 Å². The van der Waals surface area contributed by atoms with E-state index in [0.29, 0.717) is 0 Å². The first kappa shape index (κ1) is 17.2. The van der Waals surface area contributed by atoms with Crippen LogP contribution in [0.5, 0.6) is 17.2 Å². The number of unbranched alkanes of at least 4 members (excludes halogenated alkanes) is 3. The van der Waals surface area contributed by atoms with Gasteiger partial charge in [0, 0.05) is 17.0 Å². The van der Waals surface area contributed by atoms with E-state index in [1.807, 2.05) is 12.1 Å². The van der Waals surface area contributed by atoms with Crippen LogP contribution in [-0.2, 0) is 5.41 Å². The summed E-state index contributed by atoms with van der Waals surface area (Å²) in [7, 11) is 0. The Labute approximate surface area is 138 Å². The SMILES string of the molecule is CCCCCCC(C)(c1ccc(O)cc1)c1ccc(O)cc1O. The van der Waals surface area contributed by atoms with E-state index in [9.17, 15) is 15.3 Å². The van der Waals surface area contributed by atoms with Gasteiger partial charge in [-0.15, -0.1) is 0 Å². The Kier molecular flexibility index (Phi) is 5.54. The number of phenols is 3. The van der Waals surface area contributed by atoms with Crippen molar-refractivity contribution in [3.05, 3.63) is 53.6 Å².